The molecule has 3 aromatic rings. The minimum atomic E-state index is -0.310. The maximum Gasteiger partial charge on any atom is 0.161 e. The van der Waals surface area contributed by atoms with Crippen LogP contribution in [0.1, 0.15) is 11.1 Å². The number of rotatable bonds is 1. The van der Waals surface area contributed by atoms with Crippen LogP contribution in [0.4, 0.5) is 4.39 Å². The Bertz CT molecular complexity index is 863. The number of aromatic nitrogens is 2. The number of hydrogen-bond donors (Lipinski definition) is 0. The average Bonchev–Trinajstić information content (AvgIpc) is 2.46. The lowest BCUT2D eigenvalue weighted by molar-refractivity contribution is 0.620. The van der Waals surface area contributed by atoms with E-state index in [0.29, 0.717) is 32.5 Å². The van der Waals surface area contributed by atoms with Crippen molar-refractivity contribution in [3.8, 4) is 11.4 Å². The van der Waals surface area contributed by atoms with E-state index in [4.69, 9.17) is 23.2 Å². The van der Waals surface area contributed by atoms with Crippen LogP contribution in [0.25, 0.3) is 22.3 Å². The van der Waals surface area contributed by atoms with Gasteiger partial charge in [0.05, 0.1) is 5.52 Å². The summed E-state index contributed by atoms with van der Waals surface area (Å²) in [5.74, 6) is 0.150. The molecule has 1 aromatic heterocycles. The SMILES string of the molecule is Cc1cc(-c2nc(Cl)c3ccc(F)c(C)c3n2)ccc1Cl. The van der Waals surface area contributed by atoms with Gasteiger partial charge in [-0.05, 0) is 49.7 Å². The van der Waals surface area contributed by atoms with Gasteiger partial charge in [0.25, 0.3) is 0 Å². The maximum absolute atomic E-state index is 13.7. The van der Waals surface area contributed by atoms with Crippen LogP contribution in [0.15, 0.2) is 30.3 Å². The van der Waals surface area contributed by atoms with Gasteiger partial charge in [0, 0.05) is 21.5 Å². The maximum atomic E-state index is 13.7. The predicted octanol–water partition coefficient (Wildman–Crippen LogP) is 5.36. The largest absolute Gasteiger partial charge is 0.228 e. The smallest absolute Gasteiger partial charge is 0.161 e. The molecular formula is C16H11Cl2FN2. The second-order valence-corrected chi connectivity index (χ2v) is 5.64. The Hall–Kier alpha value is -1.71. The van der Waals surface area contributed by atoms with Crippen LogP contribution < -0.4 is 0 Å². The Balaban J connectivity index is 2.28. The average molecular weight is 321 g/mol. The highest BCUT2D eigenvalue weighted by molar-refractivity contribution is 6.34. The van der Waals surface area contributed by atoms with Gasteiger partial charge in [-0.2, -0.15) is 0 Å². The monoisotopic (exact) mass is 320 g/mol. The van der Waals surface area contributed by atoms with Crippen LogP contribution in [0.2, 0.25) is 10.2 Å². The third kappa shape index (κ3) is 2.47. The summed E-state index contributed by atoms with van der Waals surface area (Å²) in [4.78, 5) is 8.76. The van der Waals surface area contributed by atoms with E-state index in [9.17, 15) is 4.39 Å². The quantitative estimate of drug-likeness (QED) is 0.564. The molecule has 21 heavy (non-hydrogen) atoms. The number of halogens is 3. The topological polar surface area (TPSA) is 25.8 Å². The van der Waals surface area contributed by atoms with E-state index in [1.807, 2.05) is 19.1 Å². The zero-order valence-electron chi connectivity index (χ0n) is 11.4. The molecule has 0 unspecified atom stereocenters. The van der Waals surface area contributed by atoms with Crippen molar-refractivity contribution in [2.24, 2.45) is 0 Å². The van der Waals surface area contributed by atoms with Gasteiger partial charge >= 0.3 is 0 Å². The Kier molecular flexibility index (Phi) is 3.56. The van der Waals surface area contributed by atoms with Gasteiger partial charge in [-0.25, -0.2) is 14.4 Å². The Morgan fingerprint density at radius 2 is 1.76 bits per heavy atom. The Labute approximate surface area is 131 Å². The molecule has 106 valence electrons. The minimum absolute atomic E-state index is 0.310. The fraction of sp³-hybridized carbons (Fsp3) is 0.125. The zero-order valence-corrected chi connectivity index (χ0v) is 12.9. The molecule has 0 N–H and O–H groups in total. The van der Waals surface area contributed by atoms with Crippen LogP contribution in [-0.4, -0.2) is 9.97 Å². The van der Waals surface area contributed by atoms with Crippen molar-refractivity contribution in [3.63, 3.8) is 0 Å². The summed E-state index contributed by atoms with van der Waals surface area (Å²) in [7, 11) is 0. The molecule has 5 heteroatoms. The molecule has 0 saturated heterocycles. The summed E-state index contributed by atoms with van der Waals surface area (Å²) in [5.41, 5.74) is 2.70. The Morgan fingerprint density at radius 3 is 2.48 bits per heavy atom. The zero-order chi connectivity index (χ0) is 15.1. The van der Waals surface area contributed by atoms with E-state index in [-0.39, 0.29) is 5.82 Å². The molecule has 0 bridgehead atoms. The molecule has 0 atom stereocenters. The van der Waals surface area contributed by atoms with E-state index in [2.05, 4.69) is 9.97 Å². The molecule has 0 amide bonds. The normalized spacial score (nSPS) is 11.1. The molecule has 0 spiro atoms. The number of aryl methyl sites for hydroxylation is 2. The van der Waals surface area contributed by atoms with Crippen LogP contribution in [0.3, 0.4) is 0 Å². The van der Waals surface area contributed by atoms with Gasteiger partial charge in [0.15, 0.2) is 5.82 Å². The van der Waals surface area contributed by atoms with E-state index in [1.165, 1.54) is 6.07 Å². The molecule has 0 aliphatic rings. The first-order chi connectivity index (χ1) is 9.97. The van der Waals surface area contributed by atoms with Gasteiger partial charge in [0.2, 0.25) is 0 Å². The highest BCUT2D eigenvalue weighted by atomic mass is 35.5. The molecule has 0 aliphatic carbocycles. The molecule has 0 saturated carbocycles. The van der Waals surface area contributed by atoms with E-state index >= 15 is 0 Å². The number of benzene rings is 2. The molecule has 0 radical (unpaired) electrons. The molecule has 0 fully saturated rings. The van der Waals surface area contributed by atoms with Crippen molar-refractivity contribution in [1.29, 1.82) is 0 Å². The van der Waals surface area contributed by atoms with Crippen LogP contribution in [0, 0.1) is 19.7 Å². The summed E-state index contributed by atoms with van der Waals surface area (Å²) < 4.78 is 13.7. The van der Waals surface area contributed by atoms with Gasteiger partial charge in [-0.15, -0.1) is 0 Å². The lowest BCUT2D eigenvalue weighted by Crippen LogP contribution is -1.96. The molecular weight excluding hydrogens is 310 g/mol. The van der Waals surface area contributed by atoms with E-state index < -0.39 is 0 Å². The lowest BCUT2D eigenvalue weighted by Gasteiger charge is -2.08. The lowest BCUT2D eigenvalue weighted by atomic mass is 10.1. The van der Waals surface area contributed by atoms with Crippen molar-refractivity contribution < 1.29 is 4.39 Å². The summed E-state index contributed by atoms with van der Waals surface area (Å²) >= 11 is 12.2. The standard InChI is InChI=1S/C16H11Cl2FN2/c1-8-7-10(3-5-12(8)17)16-20-14-9(2)13(19)6-4-11(14)15(18)21-16/h3-7H,1-2H3. The van der Waals surface area contributed by atoms with Crippen molar-refractivity contribution in [2.75, 3.05) is 0 Å². The van der Waals surface area contributed by atoms with Crippen molar-refractivity contribution >= 4 is 34.1 Å². The molecule has 2 nitrogen and oxygen atoms in total. The van der Waals surface area contributed by atoms with Gasteiger partial charge < -0.3 is 0 Å². The predicted molar refractivity (Wildman–Crippen MR) is 84.4 cm³/mol. The van der Waals surface area contributed by atoms with E-state index in [0.717, 1.165) is 11.1 Å². The van der Waals surface area contributed by atoms with Crippen LogP contribution in [0.5, 0.6) is 0 Å². The fourth-order valence-corrected chi connectivity index (χ4v) is 2.53. The summed E-state index contributed by atoms with van der Waals surface area (Å²) in [6, 6.07) is 8.46. The first-order valence-electron chi connectivity index (χ1n) is 6.36. The number of hydrogen-bond acceptors (Lipinski definition) is 2. The van der Waals surface area contributed by atoms with Crippen molar-refractivity contribution in [1.82, 2.24) is 9.97 Å². The summed E-state index contributed by atoms with van der Waals surface area (Å²) in [5, 5.41) is 1.63. The highest BCUT2D eigenvalue weighted by Crippen LogP contribution is 2.29. The minimum Gasteiger partial charge on any atom is -0.228 e. The second kappa shape index (κ2) is 5.24. The fourth-order valence-electron chi connectivity index (χ4n) is 2.18. The molecule has 1 heterocycles. The van der Waals surface area contributed by atoms with Crippen LogP contribution >= 0.6 is 23.2 Å². The van der Waals surface area contributed by atoms with E-state index in [1.54, 1.807) is 19.1 Å². The first-order valence-corrected chi connectivity index (χ1v) is 7.12. The Morgan fingerprint density at radius 1 is 1.00 bits per heavy atom. The van der Waals surface area contributed by atoms with Crippen molar-refractivity contribution in [3.05, 3.63) is 57.5 Å². The molecule has 2 aromatic carbocycles. The molecule has 0 aliphatic heterocycles. The van der Waals surface area contributed by atoms with Crippen LogP contribution in [-0.2, 0) is 0 Å². The third-order valence-electron chi connectivity index (χ3n) is 3.43. The highest BCUT2D eigenvalue weighted by Gasteiger charge is 2.12. The molecule has 3 rings (SSSR count). The van der Waals surface area contributed by atoms with Crippen molar-refractivity contribution in [2.45, 2.75) is 13.8 Å². The van der Waals surface area contributed by atoms with Gasteiger partial charge in [-0.1, -0.05) is 23.2 Å². The van der Waals surface area contributed by atoms with Gasteiger partial charge in [0.1, 0.15) is 11.0 Å². The first kappa shape index (κ1) is 14.2. The summed E-state index contributed by atoms with van der Waals surface area (Å²) in [6.45, 7) is 3.58. The third-order valence-corrected chi connectivity index (χ3v) is 4.14. The number of fused-ring (bicyclic) bond motifs is 1. The second-order valence-electron chi connectivity index (χ2n) is 4.87. The van der Waals surface area contributed by atoms with Gasteiger partial charge in [-0.3, -0.25) is 0 Å². The summed E-state index contributed by atoms with van der Waals surface area (Å²) in [6.07, 6.45) is 0. The number of nitrogens with zero attached hydrogens (tertiary/aromatic N) is 2.